The molecule has 0 aromatic carbocycles. The van der Waals surface area contributed by atoms with E-state index in [-0.39, 0.29) is 12.0 Å². The Bertz CT molecular complexity index is 172. The zero-order valence-electron chi connectivity index (χ0n) is 9.34. The Morgan fingerprint density at radius 3 is 2.36 bits per heavy atom. The van der Waals surface area contributed by atoms with Gasteiger partial charge in [-0.3, -0.25) is 0 Å². The third kappa shape index (κ3) is 1.81. The van der Waals surface area contributed by atoms with Crippen LogP contribution in [0.1, 0.15) is 39.5 Å². The molecule has 0 bridgehead atoms. The van der Waals surface area contributed by atoms with Crippen LogP contribution in [-0.2, 0) is 0 Å². The molecule has 3 nitrogen and oxygen atoms in total. The topological polar surface area (TPSA) is 52.5 Å². The zero-order valence-corrected chi connectivity index (χ0v) is 9.34. The van der Waals surface area contributed by atoms with Crippen molar-refractivity contribution in [2.75, 3.05) is 19.7 Å². The maximum absolute atomic E-state index is 10.5. The Kier molecular flexibility index (Phi) is 3.93. The van der Waals surface area contributed by atoms with Crippen molar-refractivity contribution in [2.45, 2.75) is 45.1 Å². The molecule has 1 heterocycles. The molecule has 1 unspecified atom stereocenters. The van der Waals surface area contributed by atoms with Crippen molar-refractivity contribution in [3.63, 3.8) is 0 Å². The van der Waals surface area contributed by atoms with E-state index in [4.69, 9.17) is 0 Å². The smallest absolute Gasteiger partial charge is 0.0732 e. The molecule has 0 aromatic heterocycles. The molecule has 0 radical (unpaired) electrons. The largest absolute Gasteiger partial charge is 0.396 e. The quantitative estimate of drug-likeness (QED) is 0.633. The van der Waals surface area contributed by atoms with Gasteiger partial charge in [-0.05, 0) is 32.2 Å². The molecule has 0 saturated carbocycles. The van der Waals surface area contributed by atoms with Gasteiger partial charge in [0.25, 0.3) is 0 Å². The fraction of sp³-hybridized carbons (Fsp3) is 1.00. The Morgan fingerprint density at radius 1 is 1.36 bits per heavy atom. The molecule has 14 heavy (non-hydrogen) atoms. The minimum Gasteiger partial charge on any atom is -0.396 e. The first kappa shape index (κ1) is 12.0. The molecule has 0 aliphatic carbocycles. The lowest BCUT2D eigenvalue weighted by molar-refractivity contribution is -0.124. The number of aliphatic hydroxyl groups is 2. The van der Waals surface area contributed by atoms with Crippen LogP contribution in [0.15, 0.2) is 0 Å². The molecular weight excluding hydrogens is 178 g/mol. The van der Waals surface area contributed by atoms with E-state index in [1.165, 1.54) is 0 Å². The van der Waals surface area contributed by atoms with Crippen LogP contribution in [0.5, 0.6) is 0 Å². The van der Waals surface area contributed by atoms with E-state index in [0.717, 1.165) is 25.9 Å². The lowest BCUT2D eigenvalue weighted by Crippen LogP contribution is -2.57. The summed E-state index contributed by atoms with van der Waals surface area (Å²) in [6, 6.07) is 0. The van der Waals surface area contributed by atoms with Gasteiger partial charge in [0.1, 0.15) is 0 Å². The fourth-order valence-electron chi connectivity index (χ4n) is 2.65. The highest BCUT2D eigenvalue weighted by atomic mass is 16.3. The summed E-state index contributed by atoms with van der Waals surface area (Å²) in [6.45, 7) is 5.82. The van der Waals surface area contributed by atoms with E-state index in [9.17, 15) is 10.2 Å². The molecule has 0 amide bonds. The van der Waals surface area contributed by atoms with Crippen molar-refractivity contribution in [3.8, 4) is 0 Å². The summed E-state index contributed by atoms with van der Waals surface area (Å²) in [4.78, 5) is 0. The molecule has 0 spiro atoms. The van der Waals surface area contributed by atoms with Crippen molar-refractivity contribution in [3.05, 3.63) is 0 Å². The summed E-state index contributed by atoms with van der Waals surface area (Å²) in [5.41, 5.74) is -1.04. The molecule has 1 aliphatic rings. The second-order valence-electron chi connectivity index (χ2n) is 4.46. The summed E-state index contributed by atoms with van der Waals surface area (Å²) in [6.07, 6.45) is 3.40. The van der Waals surface area contributed by atoms with Crippen LogP contribution < -0.4 is 5.32 Å². The maximum atomic E-state index is 10.5. The van der Waals surface area contributed by atoms with Gasteiger partial charge < -0.3 is 15.5 Å². The number of rotatable bonds is 4. The second kappa shape index (κ2) is 4.60. The molecule has 0 aromatic rings. The van der Waals surface area contributed by atoms with Crippen molar-refractivity contribution >= 4 is 0 Å². The highest BCUT2D eigenvalue weighted by Crippen LogP contribution is 2.41. The summed E-state index contributed by atoms with van der Waals surface area (Å²) >= 11 is 0. The van der Waals surface area contributed by atoms with E-state index in [1.807, 2.05) is 13.8 Å². The molecule has 84 valence electrons. The van der Waals surface area contributed by atoms with E-state index in [0.29, 0.717) is 12.8 Å². The molecule has 1 atom stereocenters. The number of nitrogens with one attached hydrogen (secondary N) is 1. The van der Waals surface area contributed by atoms with Gasteiger partial charge in [0.2, 0.25) is 0 Å². The molecule has 1 saturated heterocycles. The monoisotopic (exact) mass is 201 g/mol. The third-order valence-electron chi connectivity index (χ3n) is 3.93. The predicted molar refractivity (Wildman–Crippen MR) is 57.2 cm³/mol. The number of hydrogen-bond acceptors (Lipinski definition) is 3. The van der Waals surface area contributed by atoms with Gasteiger partial charge in [-0.25, -0.2) is 0 Å². The number of piperidine rings is 1. The van der Waals surface area contributed by atoms with Crippen LogP contribution in [0, 0.1) is 5.41 Å². The third-order valence-corrected chi connectivity index (χ3v) is 3.93. The minimum atomic E-state index is -0.713. The van der Waals surface area contributed by atoms with Gasteiger partial charge >= 0.3 is 0 Å². The van der Waals surface area contributed by atoms with E-state index in [2.05, 4.69) is 5.32 Å². The highest BCUT2D eigenvalue weighted by molar-refractivity contribution is 5.00. The van der Waals surface area contributed by atoms with Gasteiger partial charge in [0, 0.05) is 12.0 Å². The molecule has 1 rings (SSSR count). The number of hydrogen-bond donors (Lipinski definition) is 3. The Balaban J connectivity index is 2.85. The minimum absolute atomic E-state index is 0.0815. The standard InChI is InChI=1S/C11H23NO2/c1-3-11(14,4-2)10(9-13)6-5-7-12-8-10/h12-14H,3-9H2,1-2H3. The maximum Gasteiger partial charge on any atom is 0.0732 e. The van der Waals surface area contributed by atoms with Crippen molar-refractivity contribution < 1.29 is 10.2 Å². The van der Waals surface area contributed by atoms with Crippen LogP contribution in [0.25, 0.3) is 0 Å². The average molecular weight is 201 g/mol. The summed E-state index contributed by atoms with van der Waals surface area (Å²) < 4.78 is 0. The van der Waals surface area contributed by atoms with E-state index in [1.54, 1.807) is 0 Å². The molecule has 1 aliphatic heterocycles. The Labute approximate surface area is 86.5 Å². The molecule has 3 N–H and O–H groups in total. The van der Waals surface area contributed by atoms with Crippen LogP contribution in [0.3, 0.4) is 0 Å². The normalized spacial score (nSPS) is 29.1. The van der Waals surface area contributed by atoms with Crippen molar-refractivity contribution in [2.24, 2.45) is 5.41 Å². The van der Waals surface area contributed by atoms with Crippen molar-refractivity contribution in [1.82, 2.24) is 5.32 Å². The Hall–Kier alpha value is -0.120. The lowest BCUT2D eigenvalue weighted by Gasteiger charge is -2.48. The first-order valence-electron chi connectivity index (χ1n) is 5.68. The highest BCUT2D eigenvalue weighted by Gasteiger charge is 2.47. The zero-order chi connectivity index (χ0) is 10.7. The van der Waals surface area contributed by atoms with E-state index >= 15 is 0 Å². The van der Waals surface area contributed by atoms with Gasteiger partial charge in [-0.1, -0.05) is 13.8 Å². The van der Waals surface area contributed by atoms with Gasteiger partial charge in [-0.2, -0.15) is 0 Å². The molecule has 3 heteroatoms. The molecule has 1 fully saturated rings. The first-order valence-corrected chi connectivity index (χ1v) is 5.68. The lowest BCUT2D eigenvalue weighted by atomic mass is 9.65. The van der Waals surface area contributed by atoms with Crippen molar-refractivity contribution in [1.29, 1.82) is 0 Å². The van der Waals surface area contributed by atoms with Gasteiger partial charge in [0.15, 0.2) is 0 Å². The summed E-state index contributed by atoms with van der Waals surface area (Å²) in [5.74, 6) is 0. The predicted octanol–water partition coefficient (Wildman–Crippen LogP) is 0.900. The van der Waals surface area contributed by atoms with Crippen LogP contribution in [-0.4, -0.2) is 35.5 Å². The first-order chi connectivity index (χ1) is 6.64. The van der Waals surface area contributed by atoms with Crippen LogP contribution in [0.4, 0.5) is 0 Å². The summed E-state index contributed by atoms with van der Waals surface area (Å²) in [7, 11) is 0. The molecular formula is C11H23NO2. The van der Waals surface area contributed by atoms with Gasteiger partial charge in [0.05, 0.1) is 12.2 Å². The Morgan fingerprint density at radius 2 is 2.00 bits per heavy atom. The fourth-order valence-corrected chi connectivity index (χ4v) is 2.65. The average Bonchev–Trinajstić information content (AvgIpc) is 2.28. The summed E-state index contributed by atoms with van der Waals surface area (Å²) in [5, 5.41) is 23.3. The van der Waals surface area contributed by atoms with Crippen LogP contribution in [0.2, 0.25) is 0 Å². The SMILES string of the molecule is CCC(O)(CC)C1(CO)CCCNC1. The van der Waals surface area contributed by atoms with Gasteiger partial charge in [-0.15, -0.1) is 0 Å². The second-order valence-corrected chi connectivity index (χ2v) is 4.46. The van der Waals surface area contributed by atoms with Crippen LogP contribution >= 0.6 is 0 Å². The van der Waals surface area contributed by atoms with E-state index < -0.39 is 5.60 Å². The number of aliphatic hydroxyl groups excluding tert-OH is 1.